The number of aryl methyl sites for hydroxylation is 2. The van der Waals surface area contributed by atoms with Gasteiger partial charge >= 0.3 is 0 Å². The summed E-state index contributed by atoms with van der Waals surface area (Å²) < 4.78 is 8.05. The van der Waals surface area contributed by atoms with Crippen molar-refractivity contribution in [2.45, 2.75) is 32.9 Å². The SMILES string of the molecule is CCn1nc(C)c(Br)c1CC(O)c1ccco1. The lowest BCUT2D eigenvalue weighted by molar-refractivity contribution is 0.147. The minimum atomic E-state index is -0.636. The first-order chi connectivity index (χ1) is 8.13. The number of rotatable bonds is 4. The van der Waals surface area contributed by atoms with E-state index in [9.17, 15) is 5.11 Å². The Morgan fingerprint density at radius 2 is 2.35 bits per heavy atom. The molecule has 0 radical (unpaired) electrons. The van der Waals surface area contributed by atoms with Crippen molar-refractivity contribution in [3.05, 3.63) is 40.0 Å². The third-order valence-corrected chi connectivity index (χ3v) is 3.74. The van der Waals surface area contributed by atoms with Crippen LogP contribution in [0.4, 0.5) is 0 Å². The van der Waals surface area contributed by atoms with E-state index >= 15 is 0 Å². The van der Waals surface area contributed by atoms with Crippen LogP contribution in [0.1, 0.15) is 30.2 Å². The Bertz CT molecular complexity index is 491. The van der Waals surface area contributed by atoms with E-state index in [4.69, 9.17) is 4.42 Å². The molecule has 0 aliphatic carbocycles. The normalized spacial score (nSPS) is 12.9. The van der Waals surface area contributed by atoms with Crippen molar-refractivity contribution in [2.24, 2.45) is 0 Å². The van der Waals surface area contributed by atoms with E-state index in [1.165, 1.54) is 0 Å². The van der Waals surface area contributed by atoms with Gasteiger partial charge in [0.25, 0.3) is 0 Å². The van der Waals surface area contributed by atoms with Crippen LogP contribution >= 0.6 is 15.9 Å². The van der Waals surface area contributed by atoms with E-state index in [1.54, 1.807) is 18.4 Å². The summed E-state index contributed by atoms with van der Waals surface area (Å²) >= 11 is 3.51. The number of halogens is 1. The second-order valence-corrected chi connectivity index (χ2v) is 4.69. The van der Waals surface area contributed by atoms with Gasteiger partial charge in [0, 0.05) is 13.0 Å². The van der Waals surface area contributed by atoms with Crippen molar-refractivity contribution in [3.63, 3.8) is 0 Å². The lowest BCUT2D eigenvalue weighted by Gasteiger charge is -2.09. The molecule has 4 nitrogen and oxygen atoms in total. The summed E-state index contributed by atoms with van der Waals surface area (Å²) in [6.45, 7) is 4.76. The molecule has 2 aromatic rings. The Hall–Kier alpha value is -1.07. The molecule has 1 unspecified atom stereocenters. The van der Waals surface area contributed by atoms with Crippen LogP contribution in [0, 0.1) is 6.92 Å². The highest BCUT2D eigenvalue weighted by molar-refractivity contribution is 9.10. The summed E-state index contributed by atoms with van der Waals surface area (Å²) in [6.07, 6.45) is 1.42. The van der Waals surface area contributed by atoms with Gasteiger partial charge in [-0.05, 0) is 41.9 Å². The molecule has 2 heterocycles. The van der Waals surface area contributed by atoms with Crippen molar-refractivity contribution >= 4 is 15.9 Å². The first-order valence-corrected chi connectivity index (χ1v) is 6.36. The van der Waals surface area contributed by atoms with Crippen LogP contribution in [0.5, 0.6) is 0 Å². The Morgan fingerprint density at radius 1 is 1.59 bits per heavy atom. The molecule has 1 N–H and O–H groups in total. The molecule has 0 saturated heterocycles. The lowest BCUT2D eigenvalue weighted by Crippen LogP contribution is -2.08. The molecule has 2 rings (SSSR count). The molecule has 0 saturated carbocycles. The molecule has 92 valence electrons. The average Bonchev–Trinajstić information content (AvgIpc) is 2.92. The number of furan rings is 1. The summed E-state index contributed by atoms with van der Waals surface area (Å²) in [7, 11) is 0. The van der Waals surface area contributed by atoms with E-state index < -0.39 is 6.10 Å². The van der Waals surface area contributed by atoms with Gasteiger partial charge in [0.15, 0.2) is 0 Å². The van der Waals surface area contributed by atoms with E-state index in [1.807, 2.05) is 18.5 Å². The second kappa shape index (κ2) is 5.06. The second-order valence-electron chi connectivity index (χ2n) is 3.90. The first kappa shape index (κ1) is 12.4. The molecule has 0 fully saturated rings. The maximum absolute atomic E-state index is 10.1. The zero-order valence-corrected chi connectivity index (χ0v) is 11.4. The molecule has 5 heteroatoms. The highest BCUT2D eigenvalue weighted by Gasteiger charge is 2.18. The van der Waals surface area contributed by atoms with E-state index in [2.05, 4.69) is 21.0 Å². The number of aromatic nitrogens is 2. The Balaban J connectivity index is 2.24. The Morgan fingerprint density at radius 3 is 2.94 bits per heavy atom. The predicted octanol–water partition coefficient (Wildman–Crippen LogP) is 2.84. The van der Waals surface area contributed by atoms with Crippen molar-refractivity contribution in [3.8, 4) is 0 Å². The molecule has 0 aromatic carbocycles. The molecule has 0 amide bonds. The van der Waals surface area contributed by atoms with Gasteiger partial charge in [-0.1, -0.05) is 0 Å². The zero-order valence-electron chi connectivity index (χ0n) is 9.85. The van der Waals surface area contributed by atoms with Crippen LogP contribution < -0.4 is 0 Å². The smallest absolute Gasteiger partial charge is 0.132 e. The molecular formula is C12H15BrN2O2. The largest absolute Gasteiger partial charge is 0.467 e. The Kier molecular flexibility index (Phi) is 3.69. The van der Waals surface area contributed by atoms with Crippen LogP contribution in [0.25, 0.3) is 0 Å². The topological polar surface area (TPSA) is 51.2 Å². The first-order valence-electron chi connectivity index (χ1n) is 5.56. The predicted molar refractivity (Wildman–Crippen MR) is 67.7 cm³/mol. The van der Waals surface area contributed by atoms with Gasteiger partial charge in [0.05, 0.1) is 22.1 Å². The van der Waals surface area contributed by atoms with Crippen molar-refractivity contribution in [1.82, 2.24) is 9.78 Å². The number of hydrogen-bond donors (Lipinski definition) is 1. The fraction of sp³-hybridized carbons (Fsp3) is 0.417. The van der Waals surface area contributed by atoms with E-state index in [0.717, 1.165) is 22.4 Å². The van der Waals surface area contributed by atoms with Crippen LogP contribution in [-0.4, -0.2) is 14.9 Å². The Labute approximate surface area is 108 Å². The van der Waals surface area contributed by atoms with E-state index in [0.29, 0.717) is 12.2 Å². The maximum atomic E-state index is 10.1. The van der Waals surface area contributed by atoms with Gasteiger partial charge < -0.3 is 9.52 Å². The van der Waals surface area contributed by atoms with Gasteiger partial charge in [-0.15, -0.1) is 0 Å². The van der Waals surface area contributed by atoms with E-state index in [-0.39, 0.29) is 0 Å². The highest BCUT2D eigenvalue weighted by Crippen LogP contribution is 2.26. The number of hydrogen-bond acceptors (Lipinski definition) is 3. The summed E-state index contributed by atoms with van der Waals surface area (Å²) in [5, 5.41) is 14.5. The molecule has 1 atom stereocenters. The van der Waals surface area contributed by atoms with Crippen LogP contribution in [0.3, 0.4) is 0 Å². The van der Waals surface area contributed by atoms with Gasteiger partial charge in [-0.3, -0.25) is 4.68 Å². The van der Waals surface area contributed by atoms with Crippen molar-refractivity contribution < 1.29 is 9.52 Å². The molecule has 17 heavy (non-hydrogen) atoms. The van der Waals surface area contributed by atoms with Crippen LogP contribution in [0.2, 0.25) is 0 Å². The minimum absolute atomic E-state index is 0.489. The quantitative estimate of drug-likeness (QED) is 0.944. The third kappa shape index (κ3) is 2.45. The summed E-state index contributed by atoms with van der Waals surface area (Å²) in [5.41, 5.74) is 1.93. The van der Waals surface area contributed by atoms with Gasteiger partial charge in [-0.25, -0.2) is 0 Å². The fourth-order valence-electron chi connectivity index (χ4n) is 1.83. The number of aliphatic hydroxyl groups is 1. The van der Waals surface area contributed by atoms with Crippen LogP contribution in [-0.2, 0) is 13.0 Å². The summed E-state index contributed by atoms with van der Waals surface area (Å²) in [5.74, 6) is 0.582. The average molecular weight is 299 g/mol. The third-order valence-electron chi connectivity index (χ3n) is 2.71. The van der Waals surface area contributed by atoms with Crippen molar-refractivity contribution in [2.75, 3.05) is 0 Å². The monoisotopic (exact) mass is 298 g/mol. The highest BCUT2D eigenvalue weighted by atomic mass is 79.9. The number of nitrogens with zero attached hydrogens (tertiary/aromatic N) is 2. The van der Waals surface area contributed by atoms with Gasteiger partial charge in [0.1, 0.15) is 11.9 Å². The molecule has 0 spiro atoms. The minimum Gasteiger partial charge on any atom is -0.467 e. The lowest BCUT2D eigenvalue weighted by atomic mass is 10.1. The van der Waals surface area contributed by atoms with Crippen molar-refractivity contribution in [1.29, 1.82) is 0 Å². The molecular weight excluding hydrogens is 284 g/mol. The molecule has 0 aliphatic rings. The zero-order chi connectivity index (χ0) is 12.4. The fourth-order valence-corrected chi connectivity index (χ4v) is 2.27. The summed E-state index contributed by atoms with van der Waals surface area (Å²) in [4.78, 5) is 0. The summed E-state index contributed by atoms with van der Waals surface area (Å²) in [6, 6.07) is 3.55. The standard InChI is InChI=1S/C12H15BrN2O2/c1-3-15-9(12(13)8(2)14-15)7-10(16)11-5-4-6-17-11/h4-6,10,16H,3,7H2,1-2H3. The van der Waals surface area contributed by atoms with Crippen LogP contribution in [0.15, 0.2) is 27.3 Å². The molecule has 0 aliphatic heterocycles. The molecule has 0 bridgehead atoms. The number of aliphatic hydroxyl groups excluding tert-OH is 1. The van der Waals surface area contributed by atoms with Gasteiger partial charge in [-0.2, -0.15) is 5.10 Å². The van der Waals surface area contributed by atoms with Gasteiger partial charge in [0.2, 0.25) is 0 Å². The maximum Gasteiger partial charge on any atom is 0.132 e. The molecule has 2 aromatic heterocycles.